The van der Waals surface area contributed by atoms with E-state index < -0.39 is 15.0 Å². The summed E-state index contributed by atoms with van der Waals surface area (Å²) in [6.07, 6.45) is 0. The Labute approximate surface area is 148 Å². The summed E-state index contributed by atoms with van der Waals surface area (Å²) < 4.78 is 34.4. The second kappa shape index (κ2) is 44.4. The molecule has 0 unspecified atom stereocenters. The van der Waals surface area contributed by atoms with Gasteiger partial charge in [0.15, 0.2) is 0 Å². The fourth-order valence-corrected chi connectivity index (χ4v) is 0. The van der Waals surface area contributed by atoms with Crippen LogP contribution in [0, 0.1) is 0 Å². The molecule has 0 spiro atoms. The van der Waals surface area contributed by atoms with Crippen LogP contribution < -0.4 is 101 Å². The zero-order chi connectivity index (χ0) is 10.5. The molecule has 0 saturated carbocycles. The van der Waals surface area contributed by atoms with Crippen LogP contribution in [0.2, 0.25) is 0 Å². The normalized spacial score (nSPS) is 5.50. The van der Waals surface area contributed by atoms with Gasteiger partial charge < -0.3 is 0 Å². The third-order valence-electron chi connectivity index (χ3n) is 0. The third kappa shape index (κ3) is 323. The van der Waals surface area contributed by atoms with Crippen LogP contribution in [-0.4, -0.2) is 31.5 Å². The van der Waals surface area contributed by atoms with Gasteiger partial charge in [-0.05, 0) is 0 Å². The van der Waals surface area contributed by atoms with Gasteiger partial charge in [-0.2, -0.15) is 0 Å². The maximum absolute atomic E-state index is 8.61. The molecule has 10 nitrogen and oxygen atoms in total. The van der Waals surface area contributed by atoms with Gasteiger partial charge in [0.2, 0.25) is 0 Å². The van der Waals surface area contributed by atoms with E-state index in [0.717, 1.165) is 0 Å². The zero-order valence-electron chi connectivity index (χ0n) is 7.76. The average molecular weight is 286 g/mol. The van der Waals surface area contributed by atoms with Crippen LogP contribution >= 0.6 is 0 Å². The van der Waals surface area contributed by atoms with Crippen LogP contribution in [0.4, 0.5) is 0 Å². The standard InChI is InChI=1S/3Na.3H2O2.4O.V/c;;;3*1-2;;;;;/h;;;3*1-2H;;;;;/q3*+1;;;;;3*-1;. The van der Waals surface area contributed by atoms with Crippen molar-refractivity contribution < 1.29 is 151 Å². The van der Waals surface area contributed by atoms with Crippen LogP contribution in [-0.2, 0) is 18.7 Å². The van der Waals surface area contributed by atoms with Gasteiger partial charge in [0.05, 0.1) is 0 Å². The Bertz CT molecular complexity index is 61.5. The van der Waals surface area contributed by atoms with Crippen molar-refractivity contribution in [2.45, 2.75) is 0 Å². The van der Waals surface area contributed by atoms with Crippen LogP contribution in [0.1, 0.15) is 0 Å². The molecule has 74 valence electrons. The van der Waals surface area contributed by atoms with Crippen molar-refractivity contribution in [3.8, 4) is 0 Å². The van der Waals surface area contributed by atoms with Crippen molar-refractivity contribution >= 4 is 0 Å². The Kier molecular flexibility index (Phi) is 138. The van der Waals surface area contributed by atoms with E-state index in [1.165, 1.54) is 0 Å². The molecule has 0 rings (SSSR count). The Morgan fingerprint density at radius 2 is 0.643 bits per heavy atom. The summed E-state index contributed by atoms with van der Waals surface area (Å²) in [5.74, 6) is 0. The zero-order valence-corrected chi connectivity index (χ0v) is 15.2. The molecule has 0 fully saturated rings. The van der Waals surface area contributed by atoms with Crippen molar-refractivity contribution in [2.75, 3.05) is 0 Å². The van der Waals surface area contributed by atoms with E-state index in [1.807, 2.05) is 0 Å². The van der Waals surface area contributed by atoms with Gasteiger partial charge in [0.1, 0.15) is 0 Å². The molecule has 0 aromatic heterocycles. The summed E-state index contributed by atoms with van der Waals surface area (Å²) in [4.78, 5) is 0. The first kappa shape index (κ1) is 43.5. The molecule has 0 aliphatic rings. The molecule has 0 bridgehead atoms. The predicted molar refractivity (Wildman–Crippen MR) is 16.5 cm³/mol. The SMILES string of the molecule is OO.OO.OO.[Na+].[Na+].[Na+].[O]=[V]([O-])([O-])[O-]. The van der Waals surface area contributed by atoms with Crippen molar-refractivity contribution in [1.82, 2.24) is 0 Å². The molecular weight excluding hydrogens is 280 g/mol. The van der Waals surface area contributed by atoms with Gasteiger partial charge in [-0.25, -0.2) is 0 Å². The Morgan fingerprint density at radius 3 is 0.643 bits per heavy atom. The summed E-state index contributed by atoms with van der Waals surface area (Å²) in [5.41, 5.74) is 0. The first-order valence-corrected chi connectivity index (χ1v) is 3.61. The average Bonchev–Trinajstić information content (AvgIpc) is 1.96. The van der Waals surface area contributed by atoms with E-state index in [9.17, 15) is 0 Å². The Morgan fingerprint density at radius 1 is 0.643 bits per heavy atom. The van der Waals surface area contributed by atoms with Gasteiger partial charge in [0, 0.05) is 0 Å². The van der Waals surface area contributed by atoms with E-state index in [-0.39, 0.29) is 88.7 Å². The van der Waals surface area contributed by atoms with Gasteiger partial charge in [-0.3, -0.25) is 31.5 Å². The number of hydrogen-bond donors (Lipinski definition) is 6. The summed E-state index contributed by atoms with van der Waals surface area (Å²) in [6.45, 7) is 0. The Hall–Kier alpha value is 3.02. The summed E-state index contributed by atoms with van der Waals surface area (Å²) in [6, 6.07) is 0. The van der Waals surface area contributed by atoms with Crippen molar-refractivity contribution in [3.63, 3.8) is 0 Å². The van der Waals surface area contributed by atoms with E-state index in [1.54, 1.807) is 0 Å². The first-order chi connectivity index (χ1) is 5.00. The van der Waals surface area contributed by atoms with Crippen LogP contribution in [0.5, 0.6) is 0 Å². The summed E-state index contributed by atoms with van der Waals surface area (Å²) in [7, 11) is 0. The molecule has 0 aromatic carbocycles. The molecule has 0 heterocycles. The molecule has 0 amide bonds. The fourth-order valence-electron chi connectivity index (χ4n) is 0. The molecule has 0 aliphatic heterocycles. The molecule has 0 saturated heterocycles. The number of hydrogen-bond acceptors (Lipinski definition) is 10. The Balaban J connectivity index is -0.00000000972. The monoisotopic (exact) mass is 286 g/mol. The fraction of sp³-hybridized carbons (Fsp3) is 0. The van der Waals surface area contributed by atoms with E-state index >= 15 is 0 Å². The summed E-state index contributed by atoms with van der Waals surface area (Å²) in [5, 5.41) is 36.0. The maximum atomic E-state index is 8.61. The van der Waals surface area contributed by atoms with Gasteiger partial charge >= 0.3 is 119 Å². The van der Waals surface area contributed by atoms with Crippen LogP contribution in [0.15, 0.2) is 0 Å². The van der Waals surface area contributed by atoms with E-state index in [4.69, 9.17) is 47.3 Å². The molecule has 0 aliphatic carbocycles. The van der Waals surface area contributed by atoms with Gasteiger partial charge in [0.25, 0.3) is 0 Å². The molecule has 14 heavy (non-hydrogen) atoms. The molecule has 14 heteroatoms. The van der Waals surface area contributed by atoms with Crippen LogP contribution in [0.25, 0.3) is 0 Å². The molecule has 0 aromatic rings. The molecular formula is H6Na3O10V. The van der Waals surface area contributed by atoms with Crippen LogP contribution in [0.3, 0.4) is 0 Å². The minimum atomic E-state index is -5.88. The third-order valence-corrected chi connectivity index (χ3v) is 0. The van der Waals surface area contributed by atoms with E-state index in [0.29, 0.717) is 0 Å². The van der Waals surface area contributed by atoms with Crippen molar-refractivity contribution in [2.24, 2.45) is 0 Å². The molecule has 0 radical (unpaired) electrons. The quantitative estimate of drug-likeness (QED) is 0.141. The predicted octanol–water partition coefficient (Wildman–Crippen LogP) is -12.6. The van der Waals surface area contributed by atoms with Crippen molar-refractivity contribution in [1.29, 1.82) is 0 Å². The van der Waals surface area contributed by atoms with Crippen molar-refractivity contribution in [3.05, 3.63) is 0 Å². The second-order valence-electron chi connectivity index (χ2n) is 0.447. The first-order valence-electron chi connectivity index (χ1n) is 1.33. The van der Waals surface area contributed by atoms with Gasteiger partial charge in [-0.15, -0.1) is 0 Å². The summed E-state index contributed by atoms with van der Waals surface area (Å²) >= 11 is -5.88. The number of rotatable bonds is 0. The topological polar surface area (TPSA) is 208 Å². The van der Waals surface area contributed by atoms with E-state index in [2.05, 4.69) is 0 Å². The minimum absolute atomic E-state index is 0. The molecule has 6 N–H and O–H groups in total. The van der Waals surface area contributed by atoms with Gasteiger partial charge in [-0.1, -0.05) is 0 Å². The second-order valence-corrected chi connectivity index (χ2v) is 1.84. The molecule has 0 atom stereocenters.